The molecule has 0 bridgehead atoms. The van der Waals surface area contributed by atoms with Crippen molar-refractivity contribution in [2.45, 2.75) is 19.3 Å². The lowest BCUT2D eigenvalue weighted by Gasteiger charge is -2.35. The second-order valence-corrected chi connectivity index (χ2v) is 7.62. The van der Waals surface area contributed by atoms with E-state index in [-0.39, 0.29) is 24.3 Å². The number of carbonyl (C=O) groups excluding carboxylic acids is 2. The Balaban J connectivity index is 1.24. The number of amides is 2. The van der Waals surface area contributed by atoms with Crippen LogP contribution in [0.15, 0.2) is 54.6 Å². The van der Waals surface area contributed by atoms with Gasteiger partial charge in [-0.15, -0.1) is 0 Å². The van der Waals surface area contributed by atoms with Gasteiger partial charge in [-0.2, -0.15) is 0 Å². The molecule has 1 saturated heterocycles. The van der Waals surface area contributed by atoms with Gasteiger partial charge in [0.05, 0.1) is 0 Å². The van der Waals surface area contributed by atoms with Crippen LogP contribution in [0.4, 0.5) is 0 Å². The average Bonchev–Trinajstić information content (AvgIpc) is 3.54. The van der Waals surface area contributed by atoms with Gasteiger partial charge < -0.3 is 14.5 Å². The summed E-state index contributed by atoms with van der Waals surface area (Å²) in [5.41, 5.74) is 2.27. The second-order valence-electron chi connectivity index (χ2n) is 7.62. The molecule has 1 saturated carbocycles. The summed E-state index contributed by atoms with van der Waals surface area (Å²) in [6.07, 6.45) is 0.937. The number of hydrogen-bond donors (Lipinski definition) is 0. The molecular weight excluding hydrogens is 352 g/mol. The molecule has 1 aliphatic carbocycles. The summed E-state index contributed by atoms with van der Waals surface area (Å²) in [5, 5.41) is 0. The number of aryl methyl sites for hydroxylation is 1. The maximum atomic E-state index is 12.8. The van der Waals surface area contributed by atoms with E-state index >= 15 is 0 Å². The Kier molecular flexibility index (Phi) is 5.33. The molecule has 4 rings (SSSR count). The van der Waals surface area contributed by atoms with Crippen LogP contribution in [0, 0.1) is 12.8 Å². The molecule has 1 aliphatic heterocycles. The first kappa shape index (κ1) is 18.5. The zero-order valence-electron chi connectivity index (χ0n) is 16.2. The Morgan fingerprint density at radius 1 is 0.929 bits per heavy atom. The van der Waals surface area contributed by atoms with Crippen LogP contribution in [0.1, 0.15) is 23.5 Å². The molecule has 2 aromatic carbocycles. The summed E-state index contributed by atoms with van der Waals surface area (Å²) in [6.45, 7) is 4.36. The highest BCUT2D eigenvalue weighted by atomic mass is 16.5. The molecule has 2 atom stereocenters. The highest BCUT2D eigenvalue weighted by Gasteiger charge is 2.46. The highest BCUT2D eigenvalue weighted by Crippen LogP contribution is 2.48. The minimum absolute atomic E-state index is 0.0241. The van der Waals surface area contributed by atoms with E-state index in [9.17, 15) is 9.59 Å². The molecule has 1 heterocycles. The maximum absolute atomic E-state index is 12.8. The number of hydrogen-bond acceptors (Lipinski definition) is 3. The summed E-state index contributed by atoms with van der Waals surface area (Å²) < 4.78 is 5.67. The number of para-hydroxylation sites is 1. The van der Waals surface area contributed by atoms with Gasteiger partial charge in [0.1, 0.15) is 5.75 Å². The molecule has 2 aromatic rings. The summed E-state index contributed by atoms with van der Waals surface area (Å²) in [6, 6.07) is 17.9. The van der Waals surface area contributed by atoms with Crippen molar-refractivity contribution in [3.8, 4) is 5.75 Å². The first-order valence-electron chi connectivity index (χ1n) is 9.93. The lowest BCUT2D eigenvalue weighted by atomic mass is 10.1. The number of rotatable bonds is 5. The Morgan fingerprint density at radius 3 is 2.29 bits per heavy atom. The van der Waals surface area contributed by atoms with Gasteiger partial charge >= 0.3 is 0 Å². The van der Waals surface area contributed by atoms with Crippen molar-refractivity contribution in [3.05, 3.63) is 65.7 Å². The Morgan fingerprint density at radius 2 is 1.57 bits per heavy atom. The van der Waals surface area contributed by atoms with Crippen molar-refractivity contribution in [2.24, 2.45) is 5.92 Å². The molecule has 5 heteroatoms. The van der Waals surface area contributed by atoms with E-state index in [4.69, 9.17) is 4.74 Å². The minimum atomic E-state index is -0.0241. The maximum Gasteiger partial charge on any atom is 0.260 e. The normalized spacial score (nSPS) is 21.3. The van der Waals surface area contributed by atoms with Crippen LogP contribution in [-0.4, -0.2) is 54.4 Å². The number of carbonyl (C=O) groups is 2. The molecular formula is C23H26N2O3. The summed E-state index contributed by atoms with van der Waals surface area (Å²) in [5.74, 6) is 1.41. The van der Waals surface area contributed by atoms with E-state index < -0.39 is 0 Å². The Bertz CT molecular complexity index is 844. The van der Waals surface area contributed by atoms with Gasteiger partial charge in [0.2, 0.25) is 5.91 Å². The van der Waals surface area contributed by atoms with Gasteiger partial charge in [-0.3, -0.25) is 9.59 Å². The van der Waals surface area contributed by atoms with Gasteiger partial charge in [0.15, 0.2) is 6.61 Å². The Labute approximate surface area is 165 Å². The largest absolute Gasteiger partial charge is 0.484 e. The molecule has 146 valence electrons. The first-order chi connectivity index (χ1) is 13.6. The smallest absolute Gasteiger partial charge is 0.260 e. The van der Waals surface area contributed by atoms with Crippen molar-refractivity contribution in [2.75, 3.05) is 32.8 Å². The lowest BCUT2D eigenvalue weighted by Crippen LogP contribution is -2.52. The number of piperazine rings is 1. The van der Waals surface area contributed by atoms with E-state index in [2.05, 4.69) is 12.1 Å². The monoisotopic (exact) mass is 378 g/mol. The van der Waals surface area contributed by atoms with Gasteiger partial charge in [-0.05, 0) is 36.5 Å². The van der Waals surface area contributed by atoms with Crippen LogP contribution in [0.2, 0.25) is 0 Å². The van der Waals surface area contributed by atoms with Crippen molar-refractivity contribution in [3.63, 3.8) is 0 Å². The molecule has 5 nitrogen and oxygen atoms in total. The van der Waals surface area contributed by atoms with Crippen LogP contribution in [-0.2, 0) is 9.59 Å². The standard InChI is InChI=1S/C23H26N2O3/c1-17-7-5-6-10-21(17)28-16-22(26)24-11-13-25(14-12-24)23(27)20-15-19(20)18-8-3-2-4-9-18/h2-10,19-20H,11-16H2,1H3. The average molecular weight is 378 g/mol. The van der Waals surface area contributed by atoms with Crippen LogP contribution >= 0.6 is 0 Å². The molecule has 2 unspecified atom stereocenters. The molecule has 28 heavy (non-hydrogen) atoms. The number of nitrogens with zero attached hydrogens (tertiary/aromatic N) is 2. The molecule has 0 aromatic heterocycles. The van der Waals surface area contributed by atoms with E-state index in [1.807, 2.05) is 54.3 Å². The summed E-state index contributed by atoms with van der Waals surface area (Å²) in [4.78, 5) is 28.9. The number of benzene rings is 2. The predicted molar refractivity (Wildman–Crippen MR) is 107 cm³/mol. The topological polar surface area (TPSA) is 49.9 Å². The van der Waals surface area contributed by atoms with E-state index in [1.165, 1.54) is 5.56 Å². The van der Waals surface area contributed by atoms with Crippen LogP contribution < -0.4 is 4.74 Å². The van der Waals surface area contributed by atoms with Crippen LogP contribution in [0.3, 0.4) is 0 Å². The first-order valence-corrected chi connectivity index (χ1v) is 9.93. The summed E-state index contributed by atoms with van der Waals surface area (Å²) in [7, 11) is 0. The summed E-state index contributed by atoms with van der Waals surface area (Å²) >= 11 is 0. The number of ether oxygens (including phenoxy) is 1. The van der Waals surface area contributed by atoms with Gasteiger partial charge in [0, 0.05) is 32.1 Å². The fourth-order valence-electron chi connectivity index (χ4n) is 3.90. The molecule has 2 aliphatic rings. The van der Waals surface area contributed by atoms with Gasteiger partial charge in [-0.1, -0.05) is 48.5 Å². The third-order valence-corrected chi connectivity index (χ3v) is 5.72. The predicted octanol–water partition coefficient (Wildman–Crippen LogP) is 2.85. The molecule has 0 N–H and O–H groups in total. The molecule has 0 radical (unpaired) electrons. The molecule has 2 amide bonds. The third-order valence-electron chi connectivity index (χ3n) is 5.72. The minimum Gasteiger partial charge on any atom is -0.484 e. The zero-order chi connectivity index (χ0) is 19.5. The van der Waals surface area contributed by atoms with Crippen molar-refractivity contribution in [1.29, 1.82) is 0 Å². The fraction of sp³-hybridized carbons (Fsp3) is 0.391. The molecule has 0 spiro atoms. The van der Waals surface area contributed by atoms with Crippen LogP contribution in [0.25, 0.3) is 0 Å². The Hall–Kier alpha value is -2.82. The third kappa shape index (κ3) is 4.03. The van der Waals surface area contributed by atoms with Crippen molar-refractivity contribution >= 4 is 11.8 Å². The van der Waals surface area contributed by atoms with Crippen molar-refractivity contribution in [1.82, 2.24) is 9.80 Å². The van der Waals surface area contributed by atoms with Gasteiger partial charge in [-0.25, -0.2) is 0 Å². The SMILES string of the molecule is Cc1ccccc1OCC(=O)N1CCN(C(=O)C2CC2c2ccccc2)CC1. The van der Waals surface area contributed by atoms with Crippen molar-refractivity contribution < 1.29 is 14.3 Å². The van der Waals surface area contributed by atoms with E-state index in [1.54, 1.807) is 4.90 Å². The van der Waals surface area contributed by atoms with E-state index in [0.29, 0.717) is 32.1 Å². The lowest BCUT2D eigenvalue weighted by molar-refractivity contribution is -0.141. The quantitative estimate of drug-likeness (QED) is 0.804. The highest BCUT2D eigenvalue weighted by molar-refractivity contribution is 5.83. The fourth-order valence-corrected chi connectivity index (χ4v) is 3.90. The van der Waals surface area contributed by atoms with Crippen LogP contribution in [0.5, 0.6) is 5.75 Å². The zero-order valence-corrected chi connectivity index (χ0v) is 16.2. The van der Waals surface area contributed by atoms with E-state index in [0.717, 1.165) is 17.7 Å². The second kappa shape index (κ2) is 8.05. The molecule has 2 fully saturated rings. The van der Waals surface area contributed by atoms with Gasteiger partial charge in [0.25, 0.3) is 5.91 Å².